The summed E-state index contributed by atoms with van der Waals surface area (Å²) in [6.07, 6.45) is 3.67. The van der Waals surface area contributed by atoms with Gasteiger partial charge in [0.05, 0.1) is 10.6 Å². The number of nitrogens with one attached hydrogen (secondary N) is 1. The van der Waals surface area contributed by atoms with Crippen LogP contribution in [0.1, 0.15) is 30.4 Å². The van der Waals surface area contributed by atoms with E-state index in [9.17, 15) is 13.2 Å². The molecule has 34 heavy (non-hydrogen) atoms. The molecular formula is C27H31N3O3S. The van der Waals surface area contributed by atoms with Gasteiger partial charge in [0.25, 0.3) is 10.0 Å². The number of carbonyl (C=O) groups excluding carboxylic acids is 1. The van der Waals surface area contributed by atoms with Crippen molar-refractivity contribution in [1.29, 1.82) is 0 Å². The summed E-state index contributed by atoms with van der Waals surface area (Å²) in [6.45, 7) is 5.51. The zero-order valence-corrected chi connectivity index (χ0v) is 20.5. The van der Waals surface area contributed by atoms with Gasteiger partial charge in [-0.05, 0) is 81.1 Å². The summed E-state index contributed by atoms with van der Waals surface area (Å²) in [5, 5.41) is 2.86. The van der Waals surface area contributed by atoms with Crippen LogP contribution < -0.4 is 14.5 Å². The van der Waals surface area contributed by atoms with Crippen molar-refractivity contribution in [2.75, 3.05) is 34.2 Å². The van der Waals surface area contributed by atoms with E-state index in [1.54, 1.807) is 36.4 Å². The number of hydrogen-bond acceptors (Lipinski definition) is 4. The first-order chi connectivity index (χ1) is 16.3. The SMILES string of the molecule is Cc1ccc(S(=O)(=O)N(CC(=O)Nc2ccc(N3CCCCC3)cc2)c2ccccc2C)cc1. The summed E-state index contributed by atoms with van der Waals surface area (Å²) in [5.74, 6) is -0.398. The largest absolute Gasteiger partial charge is 0.372 e. The van der Waals surface area contributed by atoms with E-state index in [0.29, 0.717) is 11.4 Å². The van der Waals surface area contributed by atoms with Crippen LogP contribution in [-0.2, 0) is 14.8 Å². The van der Waals surface area contributed by atoms with Gasteiger partial charge >= 0.3 is 0 Å². The average Bonchev–Trinajstić information content (AvgIpc) is 2.84. The summed E-state index contributed by atoms with van der Waals surface area (Å²) in [6, 6.07) is 21.6. The molecular weight excluding hydrogens is 446 g/mol. The zero-order chi connectivity index (χ0) is 24.1. The molecule has 7 heteroatoms. The fourth-order valence-electron chi connectivity index (χ4n) is 4.22. The standard InChI is InChI=1S/C27H31N3O3S/c1-21-10-16-25(17-11-21)34(32,33)30(26-9-5-4-8-22(26)2)20-27(31)28-23-12-14-24(15-13-23)29-18-6-3-7-19-29/h4-5,8-17H,3,6-7,18-20H2,1-2H3,(H,28,31). The summed E-state index contributed by atoms with van der Waals surface area (Å²) in [4.78, 5) is 15.5. The van der Waals surface area contributed by atoms with Crippen LogP contribution in [-0.4, -0.2) is 34.0 Å². The minimum Gasteiger partial charge on any atom is -0.372 e. The lowest BCUT2D eigenvalue weighted by Gasteiger charge is -2.29. The Morgan fingerprint density at radius 2 is 1.53 bits per heavy atom. The topological polar surface area (TPSA) is 69.7 Å². The minimum atomic E-state index is -3.94. The van der Waals surface area contributed by atoms with E-state index in [2.05, 4.69) is 10.2 Å². The molecule has 1 N–H and O–H groups in total. The Balaban J connectivity index is 1.55. The van der Waals surface area contributed by atoms with Crippen LogP contribution in [0, 0.1) is 13.8 Å². The predicted octanol–water partition coefficient (Wildman–Crippen LogP) is 5.13. The Morgan fingerprint density at radius 1 is 0.882 bits per heavy atom. The minimum absolute atomic E-state index is 0.153. The first-order valence-corrected chi connectivity index (χ1v) is 13.1. The zero-order valence-electron chi connectivity index (χ0n) is 19.7. The maximum atomic E-state index is 13.5. The lowest BCUT2D eigenvalue weighted by molar-refractivity contribution is -0.114. The molecule has 178 valence electrons. The van der Waals surface area contributed by atoms with Gasteiger partial charge in [0.2, 0.25) is 5.91 Å². The van der Waals surface area contributed by atoms with Crippen molar-refractivity contribution in [3.8, 4) is 0 Å². The van der Waals surface area contributed by atoms with E-state index in [-0.39, 0.29) is 11.4 Å². The molecule has 0 bridgehead atoms. The smallest absolute Gasteiger partial charge is 0.264 e. The molecule has 1 aliphatic rings. The van der Waals surface area contributed by atoms with Crippen molar-refractivity contribution in [2.45, 2.75) is 38.0 Å². The Kier molecular flexibility index (Phi) is 7.22. The highest BCUT2D eigenvalue weighted by Crippen LogP contribution is 2.27. The number of benzene rings is 3. The molecule has 0 spiro atoms. The number of sulfonamides is 1. The van der Waals surface area contributed by atoms with E-state index in [1.165, 1.54) is 23.6 Å². The number of para-hydroxylation sites is 1. The van der Waals surface area contributed by atoms with E-state index < -0.39 is 15.9 Å². The Labute approximate surface area is 202 Å². The van der Waals surface area contributed by atoms with Gasteiger partial charge in [-0.25, -0.2) is 8.42 Å². The number of aryl methyl sites for hydroxylation is 2. The lowest BCUT2D eigenvalue weighted by Crippen LogP contribution is -2.38. The van der Waals surface area contributed by atoms with Crippen LogP contribution in [0.15, 0.2) is 77.7 Å². The van der Waals surface area contributed by atoms with Gasteiger partial charge in [-0.2, -0.15) is 0 Å². The molecule has 0 atom stereocenters. The number of nitrogens with zero attached hydrogens (tertiary/aromatic N) is 2. The second-order valence-electron chi connectivity index (χ2n) is 8.75. The van der Waals surface area contributed by atoms with Gasteiger partial charge in [-0.15, -0.1) is 0 Å². The second-order valence-corrected chi connectivity index (χ2v) is 10.6. The molecule has 6 nitrogen and oxygen atoms in total. The molecule has 1 heterocycles. The number of carbonyl (C=O) groups is 1. The van der Waals surface area contributed by atoms with Gasteiger partial charge in [0.1, 0.15) is 6.54 Å². The maximum Gasteiger partial charge on any atom is 0.264 e. The van der Waals surface area contributed by atoms with Crippen molar-refractivity contribution in [3.05, 3.63) is 83.9 Å². The second kappa shape index (κ2) is 10.3. The maximum absolute atomic E-state index is 13.5. The number of hydrogen-bond donors (Lipinski definition) is 1. The average molecular weight is 478 g/mol. The molecule has 0 saturated carbocycles. The summed E-state index contributed by atoms with van der Waals surface area (Å²) in [7, 11) is -3.94. The molecule has 0 radical (unpaired) electrons. The van der Waals surface area contributed by atoms with Crippen molar-refractivity contribution < 1.29 is 13.2 Å². The van der Waals surface area contributed by atoms with Crippen molar-refractivity contribution >= 4 is 33.0 Å². The van der Waals surface area contributed by atoms with E-state index in [0.717, 1.165) is 29.9 Å². The van der Waals surface area contributed by atoms with Crippen LogP contribution in [0.4, 0.5) is 17.1 Å². The van der Waals surface area contributed by atoms with Gasteiger partial charge in [-0.1, -0.05) is 35.9 Å². The molecule has 0 aromatic heterocycles. The Morgan fingerprint density at radius 3 is 2.18 bits per heavy atom. The van der Waals surface area contributed by atoms with Crippen molar-refractivity contribution in [1.82, 2.24) is 0 Å². The molecule has 1 saturated heterocycles. The molecule has 3 aromatic rings. The molecule has 1 aliphatic heterocycles. The van der Waals surface area contributed by atoms with Crippen LogP contribution in [0.25, 0.3) is 0 Å². The van der Waals surface area contributed by atoms with Crippen molar-refractivity contribution in [3.63, 3.8) is 0 Å². The highest BCUT2D eigenvalue weighted by atomic mass is 32.2. The predicted molar refractivity (Wildman–Crippen MR) is 138 cm³/mol. The number of piperidine rings is 1. The summed E-state index contributed by atoms with van der Waals surface area (Å²) >= 11 is 0. The number of anilines is 3. The molecule has 4 rings (SSSR count). The van der Waals surface area contributed by atoms with E-state index >= 15 is 0 Å². The highest BCUT2D eigenvalue weighted by molar-refractivity contribution is 7.92. The number of amides is 1. The molecule has 0 aliphatic carbocycles. The summed E-state index contributed by atoms with van der Waals surface area (Å²) in [5.41, 5.74) is 4.01. The van der Waals surface area contributed by atoms with Gasteiger partial charge in [0.15, 0.2) is 0 Å². The molecule has 1 amide bonds. The lowest BCUT2D eigenvalue weighted by atomic mass is 10.1. The number of rotatable bonds is 7. The van der Waals surface area contributed by atoms with Crippen LogP contribution in [0.5, 0.6) is 0 Å². The fraction of sp³-hybridized carbons (Fsp3) is 0.296. The van der Waals surface area contributed by atoms with E-state index in [1.807, 2.05) is 50.2 Å². The van der Waals surface area contributed by atoms with Gasteiger partial charge in [-0.3, -0.25) is 9.10 Å². The normalized spacial score (nSPS) is 14.0. The van der Waals surface area contributed by atoms with Crippen LogP contribution in [0.2, 0.25) is 0 Å². The third-order valence-corrected chi connectivity index (χ3v) is 7.93. The van der Waals surface area contributed by atoms with Crippen molar-refractivity contribution in [2.24, 2.45) is 0 Å². The third kappa shape index (κ3) is 5.42. The first kappa shape index (κ1) is 23.8. The monoisotopic (exact) mass is 477 g/mol. The van der Waals surface area contributed by atoms with Gasteiger partial charge in [0, 0.05) is 24.5 Å². The first-order valence-electron chi connectivity index (χ1n) is 11.6. The van der Waals surface area contributed by atoms with Gasteiger partial charge < -0.3 is 10.2 Å². The third-order valence-electron chi connectivity index (χ3n) is 6.15. The van der Waals surface area contributed by atoms with Crippen LogP contribution in [0.3, 0.4) is 0 Å². The van der Waals surface area contributed by atoms with E-state index in [4.69, 9.17) is 0 Å². The molecule has 3 aromatic carbocycles. The highest BCUT2D eigenvalue weighted by Gasteiger charge is 2.28. The van der Waals surface area contributed by atoms with Crippen LogP contribution >= 0.6 is 0 Å². The molecule has 1 fully saturated rings. The quantitative estimate of drug-likeness (QED) is 0.512. The fourth-order valence-corrected chi connectivity index (χ4v) is 5.70. The Hall–Kier alpha value is -3.32. The summed E-state index contributed by atoms with van der Waals surface area (Å²) < 4.78 is 28.3. The Bertz CT molecular complexity index is 1230. The molecule has 0 unspecified atom stereocenters.